The fraction of sp³-hybridized carbons (Fsp3) is 0.882. The summed E-state index contributed by atoms with van der Waals surface area (Å²) in [5.74, 6) is 1.15. The zero-order chi connectivity index (χ0) is 14.9. The Morgan fingerprint density at radius 2 is 2.00 bits per heavy atom. The lowest BCUT2D eigenvalue weighted by atomic mass is 9.80. The van der Waals surface area contributed by atoms with E-state index in [0.717, 1.165) is 38.6 Å². The molecule has 3 nitrogen and oxygen atoms in total. The van der Waals surface area contributed by atoms with Crippen LogP contribution in [-0.4, -0.2) is 29.2 Å². The van der Waals surface area contributed by atoms with Crippen LogP contribution in [0, 0.1) is 17.3 Å². The van der Waals surface area contributed by atoms with Crippen molar-refractivity contribution in [3.63, 3.8) is 0 Å². The van der Waals surface area contributed by atoms with Crippen molar-refractivity contribution >= 4 is 11.7 Å². The molecule has 0 spiro atoms. The van der Waals surface area contributed by atoms with Crippen LogP contribution < -0.4 is 0 Å². The molecule has 1 aliphatic heterocycles. The minimum atomic E-state index is 0.131. The lowest BCUT2D eigenvalue weighted by molar-refractivity contribution is -0.135. The second kappa shape index (κ2) is 5.87. The SMILES string of the molecule is CC(CC(=O)N1CCCC1C1CCCC1=O)C(C)(C)C. The molecule has 114 valence electrons. The third-order valence-electron chi connectivity index (χ3n) is 5.40. The molecule has 1 saturated carbocycles. The fourth-order valence-corrected chi connectivity index (χ4v) is 3.46. The van der Waals surface area contributed by atoms with Crippen LogP contribution in [0.25, 0.3) is 0 Å². The average Bonchev–Trinajstić information content (AvgIpc) is 2.95. The summed E-state index contributed by atoms with van der Waals surface area (Å²) in [5, 5.41) is 0. The molecule has 0 radical (unpaired) electrons. The highest BCUT2D eigenvalue weighted by Crippen LogP contribution is 2.35. The van der Waals surface area contributed by atoms with E-state index in [9.17, 15) is 9.59 Å². The third kappa shape index (κ3) is 3.24. The van der Waals surface area contributed by atoms with E-state index in [1.165, 1.54) is 0 Å². The molecule has 2 fully saturated rings. The van der Waals surface area contributed by atoms with E-state index in [4.69, 9.17) is 0 Å². The van der Waals surface area contributed by atoms with Crippen molar-refractivity contribution < 1.29 is 9.59 Å². The van der Waals surface area contributed by atoms with E-state index >= 15 is 0 Å². The van der Waals surface area contributed by atoms with E-state index in [0.29, 0.717) is 18.1 Å². The first-order valence-corrected chi connectivity index (χ1v) is 8.13. The Kier molecular flexibility index (Phi) is 4.55. The Balaban J connectivity index is 2.00. The molecule has 0 aromatic heterocycles. The van der Waals surface area contributed by atoms with Crippen LogP contribution in [0.2, 0.25) is 0 Å². The number of hydrogen-bond acceptors (Lipinski definition) is 2. The minimum Gasteiger partial charge on any atom is -0.339 e. The smallest absolute Gasteiger partial charge is 0.223 e. The molecule has 2 aliphatic rings. The van der Waals surface area contributed by atoms with Gasteiger partial charge in [-0.2, -0.15) is 0 Å². The molecule has 3 atom stereocenters. The van der Waals surface area contributed by atoms with Crippen LogP contribution in [0.15, 0.2) is 0 Å². The first-order chi connectivity index (χ1) is 9.30. The van der Waals surface area contributed by atoms with E-state index in [1.807, 2.05) is 4.90 Å². The molecule has 3 unspecified atom stereocenters. The van der Waals surface area contributed by atoms with Crippen LogP contribution in [-0.2, 0) is 9.59 Å². The van der Waals surface area contributed by atoms with Gasteiger partial charge in [-0.15, -0.1) is 0 Å². The topological polar surface area (TPSA) is 37.4 Å². The maximum atomic E-state index is 12.6. The number of carbonyl (C=O) groups is 2. The molecule has 0 aromatic rings. The van der Waals surface area contributed by atoms with Crippen molar-refractivity contribution in [2.24, 2.45) is 17.3 Å². The molecule has 0 bridgehead atoms. The Labute approximate surface area is 123 Å². The molecule has 2 rings (SSSR count). The number of rotatable bonds is 3. The van der Waals surface area contributed by atoms with Gasteiger partial charge in [-0.05, 0) is 37.0 Å². The molecule has 20 heavy (non-hydrogen) atoms. The van der Waals surface area contributed by atoms with E-state index in [2.05, 4.69) is 27.7 Å². The van der Waals surface area contributed by atoms with Gasteiger partial charge < -0.3 is 4.90 Å². The van der Waals surface area contributed by atoms with Crippen LogP contribution in [0.5, 0.6) is 0 Å². The zero-order valence-corrected chi connectivity index (χ0v) is 13.4. The summed E-state index contributed by atoms with van der Waals surface area (Å²) in [6, 6.07) is 0.199. The number of likely N-dealkylation sites (tertiary alicyclic amines) is 1. The average molecular weight is 279 g/mol. The summed E-state index contributed by atoms with van der Waals surface area (Å²) in [6.07, 6.45) is 5.42. The number of carbonyl (C=O) groups excluding carboxylic acids is 2. The van der Waals surface area contributed by atoms with Gasteiger partial charge >= 0.3 is 0 Å². The zero-order valence-electron chi connectivity index (χ0n) is 13.4. The highest BCUT2D eigenvalue weighted by atomic mass is 16.2. The van der Waals surface area contributed by atoms with Crippen LogP contribution >= 0.6 is 0 Å². The molecule has 1 saturated heterocycles. The molecular formula is C17H29NO2. The summed E-state index contributed by atoms with van der Waals surface area (Å²) in [6.45, 7) is 9.57. The largest absolute Gasteiger partial charge is 0.339 e. The number of amides is 1. The number of ketones is 1. The second-order valence-electron chi connectivity index (χ2n) is 7.73. The van der Waals surface area contributed by atoms with Crippen LogP contribution in [0.1, 0.15) is 66.2 Å². The van der Waals surface area contributed by atoms with Gasteiger partial charge in [0.15, 0.2) is 0 Å². The van der Waals surface area contributed by atoms with Crippen molar-refractivity contribution in [2.45, 2.75) is 72.3 Å². The third-order valence-corrected chi connectivity index (χ3v) is 5.40. The van der Waals surface area contributed by atoms with Crippen molar-refractivity contribution in [3.8, 4) is 0 Å². The van der Waals surface area contributed by atoms with Gasteiger partial charge in [0.2, 0.25) is 5.91 Å². The second-order valence-corrected chi connectivity index (χ2v) is 7.73. The number of Topliss-reactive ketones (excluding diaryl/α,β-unsaturated/α-hetero) is 1. The fourth-order valence-electron chi connectivity index (χ4n) is 3.46. The van der Waals surface area contributed by atoms with Gasteiger partial charge in [0.25, 0.3) is 0 Å². The summed E-state index contributed by atoms with van der Waals surface area (Å²) in [4.78, 5) is 26.6. The molecule has 0 N–H and O–H groups in total. The lowest BCUT2D eigenvalue weighted by Gasteiger charge is -2.32. The number of hydrogen-bond donors (Lipinski definition) is 0. The van der Waals surface area contributed by atoms with Gasteiger partial charge in [-0.25, -0.2) is 0 Å². The van der Waals surface area contributed by atoms with E-state index in [-0.39, 0.29) is 23.3 Å². The lowest BCUT2D eigenvalue weighted by Crippen LogP contribution is -2.42. The number of nitrogens with zero attached hydrogens (tertiary/aromatic N) is 1. The van der Waals surface area contributed by atoms with E-state index in [1.54, 1.807) is 0 Å². The van der Waals surface area contributed by atoms with Gasteiger partial charge in [0.05, 0.1) is 0 Å². The predicted octanol–water partition coefficient (Wildman–Crippen LogP) is 3.42. The summed E-state index contributed by atoms with van der Waals surface area (Å²) < 4.78 is 0. The summed E-state index contributed by atoms with van der Waals surface area (Å²) in [5.41, 5.74) is 0.161. The maximum Gasteiger partial charge on any atom is 0.223 e. The van der Waals surface area contributed by atoms with Crippen molar-refractivity contribution in [1.82, 2.24) is 4.90 Å². The quantitative estimate of drug-likeness (QED) is 0.794. The summed E-state index contributed by atoms with van der Waals surface area (Å²) >= 11 is 0. The van der Waals surface area contributed by atoms with Crippen molar-refractivity contribution in [1.29, 1.82) is 0 Å². The van der Waals surface area contributed by atoms with Crippen LogP contribution in [0.4, 0.5) is 0 Å². The van der Waals surface area contributed by atoms with Crippen LogP contribution in [0.3, 0.4) is 0 Å². The monoisotopic (exact) mass is 279 g/mol. The Morgan fingerprint density at radius 3 is 2.55 bits per heavy atom. The molecule has 1 heterocycles. The molecule has 1 aliphatic carbocycles. The maximum absolute atomic E-state index is 12.6. The minimum absolute atomic E-state index is 0.131. The standard InChI is InChI=1S/C17H29NO2/c1-12(17(2,3)4)11-16(20)18-10-6-8-14(18)13-7-5-9-15(13)19/h12-14H,5-11H2,1-4H3. The first kappa shape index (κ1) is 15.5. The van der Waals surface area contributed by atoms with Gasteiger partial charge in [-0.3, -0.25) is 9.59 Å². The Hall–Kier alpha value is -0.860. The molecular weight excluding hydrogens is 250 g/mol. The Morgan fingerprint density at radius 1 is 1.30 bits per heavy atom. The molecule has 3 heteroatoms. The van der Waals surface area contributed by atoms with Gasteiger partial charge in [-0.1, -0.05) is 27.7 Å². The highest BCUT2D eigenvalue weighted by molar-refractivity contribution is 5.85. The van der Waals surface area contributed by atoms with E-state index < -0.39 is 0 Å². The Bertz CT molecular complexity index is 383. The van der Waals surface area contributed by atoms with Crippen molar-refractivity contribution in [2.75, 3.05) is 6.54 Å². The van der Waals surface area contributed by atoms with Gasteiger partial charge in [0.1, 0.15) is 5.78 Å². The van der Waals surface area contributed by atoms with Gasteiger partial charge in [0, 0.05) is 31.3 Å². The first-order valence-electron chi connectivity index (χ1n) is 8.13. The summed E-state index contributed by atoms with van der Waals surface area (Å²) in [7, 11) is 0. The normalized spacial score (nSPS) is 29.0. The molecule has 1 amide bonds. The highest BCUT2D eigenvalue weighted by Gasteiger charge is 2.40. The predicted molar refractivity (Wildman–Crippen MR) is 80.3 cm³/mol. The van der Waals surface area contributed by atoms with Crippen molar-refractivity contribution in [3.05, 3.63) is 0 Å². The molecule has 0 aromatic carbocycles.